The van der Waals surface area contributed by atoms with Crippen LogP contribution in [0.2, 0.25) is 0 Å². The number of anilines is 2. The number of aliphatic hydroxyl groups is 1. The lowest BCUT2D eigenvalue weighted by atomic mass is 10.1. The highest BCUT2D eigenvalue weighted by Crippen LogP contribution is 2.31. The molecule has 2 aromatic carbocycles. The maximum absolute atomic E-state index is 12.7. The Morgan fingerprint density at radius 3 is 2.79 bits per heavy atom. The van der Waals surface area contributed by atoms with E-state index in [1.54, 1.807) is 19.1 Å². The van der Waals surface area contributed by atoms with Crippen molar-refractivity contribution in [3.05, 3.63) is 59.7 Å². The predicted molar refractivity (Wildman–Crippen MR) is 116 cm³/mol. The first-order valence-corrected chi connectivity index (χ1v) is 11.4. The van der Waals surface area contributed by atoms with Crippen molar-refractivity contribution in [2.45, 2.75) is 31.4 Å². The van der Waals surface area contributed by atoms with Gasteiger partial charge in [-0.2, -0.15) is 0 Å². The van der Waals surface area contributed by atoms with E-state index >= 15 is 0 Å². The van der Waals surface area contributed by atoms with Crippen LogP contribution in [-0.4, -0.2) is 43.5 Å². The van der Waals surface area contributed by atoms with Crippen LogP contribution in [0.1, 0.15) is 18.1 Å². The van der Waals surface area contributed by atoms with Crippen molar-refractivity contribution in [3.63, 3.8) is 0 Å². The van der Waals surface area contributed by atoms with Gasteiger partial charge in [0, 0.05) is 36.8 Å². The summed E-state index contributed by atoms with van der Waals surface area (Å²) in [4.78, 5) is 7.24. The molecule has 1 aromatic heterocycles. The first-order valence-electron chi connectivity index (χ1n) is 9.72. The summed E-state index contributed by atoms with van der Waals surface area (Å²) in [5.41, 5.74) is 3.63. The molecule has 7 heteroatoms. The highest BCUT2D eigenvalue weighted by Gasteiger charge is 2.26. The van der Waals surface area contributed by atoms with E-state index < -0.39 is 15.9 Å². The van der Waals surface area contributed by atoms with Gasteiger partial charge in [-0.15, -0.1) is 0 Å². The third-order valence-corrected chi connectivity index (χ3v) is 6.95. The number of hydrogen-bond acceptors (Lipinski definition) is 6. The fourth-order valence-electron chi connectivity index (χ4n) is 3.65. The number of benzene rings is 2. The number of pyridine rings is 1. The first kappa shape index (κ1) is 19.7. The summed E-state index contributed by atoms with van der Waals surface area (Å²) in [7, 11) is -3.32. The predicted octanol–water partition coefficient (Wildman–Crippen LogP) is 3.13. The summed E-state index contributed by atoms with van der Waals surface area (Å²) in [6.45, 7) is 5.04. The molecule has 2 heterocycles. The zero-order chi connectivity index (χ0) is 20.6. The maximum atomic E-state index is 12.7. The summed E-state index contributed by atoms with van der Waals surface area (Å²) in [5, 5.41) is 14.0. The van der Waals surface area contributed by atoms with Gasteiger partial charge in [-0.3, -0.25) is 0 Å². The number of fused-ring (bicyclic) bond motifs is 2. The van der Waals surface area contributed by atoms with Crippen molar-refractivity contribution in [3.8, 4) is 0 Å². The Morgan fingerprint density at radius 1 is 1.21 bits per heavy atom. The molecule has 0 saturated carbocycles. The quantitative estimate of drug-likeness (QED) is 0.686. The molecule has 152 valence electrons. The van der Waals surface area contributed by atoms with Gasteiger partial charge in [0.2, 0.25) is 0 Å². The van der Waals surface area contributed by atoms with Crippen LogP contribution in [0, 0.1) is 6.92 Å². The van der Waals surface area contributed by atoms with E-state index in [1.165, 1.54) is 0 Å². The molecule has 0 fully saturated rings. The highest BCUT2D eigenvalue weighted by atomic mass is 32.2. The minimum absolute atomic E-state index is 0.0497. The van der Waals surface area contributed by atoms with Gasteiger partial charge in [0.05, 0.1) is 22.3 Å². The number of nitrogens with one attached hydrogen (secondary N) is 1. The van der Waals surface area contributed by atoms with Crippen LogP contribution < -0.4 is 10.2 Å². The van der Waals surface area contributed by atoms with E-state index in [2.05, 4.69) is 11.4 Å². The zero-order valence-corrected chi connectivity index (χ0v) is 17.4. The average molecular weight is 412 g/mol. The second-order valence-electron chi connectivity index (χ2n) is 7.63. The summed E-state index contributed by atoms with van der Waals surface area (Å²) in [5.74, 6) is 0.773. The molecule has 2 N–H and O–H groups in total. The van der Waals surface area contributed by atoms with Crippen molar-refractivity contribution in [2.75, 3.05) is 29.1 Å². The van der Waals surface area contributed by atoms with Gasteiger partial charge in [0.1, 0.15) is 5.82 Å². The zero-order valence-electron chi connectivity index (χ0n) is 16.6. The number of nitrogens with zero attached hydrogens (tertiary/aromatic N) is 2. The van der Waals surface area contributed by atoms with Crippen molar-refractivity contribution >= 4 is 32.2 Å². The van der Waals surface area contributed by atoms with Gasteiger partial charge >= 0.3 is 0 Å². The third kappa shape index (κ3) is 4.06. The van der Waals surface area contributed by atoms with Crippen molar-refractivity contribution < 1.29 is 13.5 Å². The molecule has 3 aromatic rings. The second kappa shape index (κ2) is 7.65. The molecule has 1 atom stereocenters. The smallest absolute Gasteiger partial charge is 0.180 e. The van der Waals surface area contributed by atoms with Crippen LogP contribution >= 0.6 is 0 Å². The summed E-state index contributed by atoms with van der Waals surface area (Å²) >= 11 is 0. The fourth-order valence-corrected chi connectivity index (χ4v) is 5.15. The lowest BCUT2D eigenvalue weighted by molar-refractivity contribution is 0.208. The van der Waals surface area contributed by atoms with E-state index in [1.807, 2.05) is 42.2 Å². The van der Waals surface area contributed by atoms with Crippen LogP contribution in [0.5, 0.6) is 0 Å². The second-order valence-corrected chi connectivity index (χ2v) is 9.70. The fraction of sp³-hybridized carbons (Fsp3) is 0.318. The number of aryl methyl sites for hydroxylation is 1. The molecule has 6 nitrogen and oxygen atoms in total. The van der Waals surface area contributed by atoms with Crippen molar-refractivity contribution in [1.29, 1.82) is 0 Å². The molecular weight excluding hydrogens is 386 g/mol. The molecule has 4 rings (SSSR count). The summed E-state index contributed by atoms with van der Waals surface area (Å²) in [6, 6.07) is 15.2. The normalized spacial score (nSPS) is 16.9. The average Bonchev–Trinajstić information content (AvgIpc) is 2.82. The molecule has 0 bridgehead atoms. The Hall–Kier alpha value is -2.64. The summed E-state index contributed by atoms with van der Waals surface area (Å²) < 4.78 is 25.4. The van der Waals surface area contributed by atoms with Gasteiger partial charge in [-0.05, 0) is 37.6 Å². The lowest BCUT2D eigenvalue weighted by Gasteiger charge is -2.23. The van der Waals surface area contributed by atoms with E-state index in [4.69, 9.17) is 4.98 Å². The number of sulfone groups is 1. The van der Waals surface area contributed by atoms with Crippen LogP contribution in [0.4, 0.5) is 11.5 Å². The standard InChI is InChI=1S/C22H25N3O3S/c1-15-7-8-19-18(11-15)20(23-13-16(2)26)12-22(24-19)25-9-10-29(27,28)21-6-4-3-5-17(21)14-25/h3-8,11-12,16,26H,9-10,13-14H2,1-2H3,(H,23,24). The van der Waals surface area contributed by atoms with E-state index in [-0.39, 0.29) is 5.75 Å². The molecule has 0 aliphatic carbocycles. The third-order valence-electron chi connectivity index (χ3n) is 5.16. The van der Waals surface area contributed by atoms with Gasteiger partial charge in [0.15, 0.2) is 9.84 Å². The van der Waals surface area contributed by atoms with Gasteiger partial charge in [-0.25, -0.2) is 13.4 Å². The SMILES string of the molecule is Cc1ccc2nc(N3CCS(=O)(=O)c4ccccc4C3)cc(NCC(C)O)c2c1. The molecule has 0 amide bonds. The Labute approximate surface area is 171 Å². The maximum Gasteiger partial charge on any atom is 0.180 e. The monoisotopic (exact) mass is 411 g/mol. The number of aliphatic hydroxyl groups excluding tert-OH is 1. The first-order chi connectivity index (χ1) is 13.8. The molecule has 0 radical (unpaired) electrons. The highest BCUT2D eigenvalue weighted by molar-refractivity contribution is 7.91. The Balaban J connectivity index is 1.78. The van der Waals surface area contributed by atoms with Crippen molar-refractivity contribution in [1.82, 2.24) is 4.98 Å². The Kier molecular flexibility index (Phi) is 5.19. The molecular formula is C22H25N3O3S. The summed E-state index contributed by atoms with van der Waals surface area (Å²) in [6.07, 6.45) is -0.485. The van der Waals surface area contributed by atoms with Crippen LogP contribution in [0.15, 0.2) is 53.4 Å². The van der Waals surface area contributed by atoms with E-state index in [9.17, 15) is 13.5 Å². The topological polar surface area (TPSA) is 82.5 Å². The lowest BCUT2D eigenvalue weighted by Crippen LogP contribution is -2.26. The van der Waals surface area contributed by atoms with Gasteiger partial charge in [0.25, 0.3) is 0 Å². The van der Waals surface area contributed by atoms with Crippen LogP contribution in [0.25, 0.3) is 10.9 Å². The van der Waals surface area contributed by atoms with Gasteiger partial charge < -0.3 is 15.3 Å². The molecule has 0 spiro atoms. The van der Waals surface area contributed by atoms with E-state index in [0.717, 1.165) is 33.5 Å². The van der Waals surface area contributed by atoms with Gasteiger partial charge in [-0.1, -0.05) is 29.8 Å². The van der Waals surface area contributed by atoms with Crippen LogP contribution in [-0.2, 0) is 16.4 Å². The van der Waals surface area contributed by atoms with Crippen LogP contribution in [0.3, 0.4) is 0 Å². The minimum Gasteiger partial charge on any atom is -0.392 e. The molecule has 1 unspecified atom stereocenters. The minimum atomic E-state index is -3.32. The van der Waals surface area contributed by atoms with E-state index in [0.29, 0.717) is 24.5 Å². The Morgan fingerprint density at radius 2 is 2.00 bits per heavy atom. The molecule has 1 aliphatic heterocycles. The number of rotatable bonds is 4. The van der Waals surface area contributed by atoms with Crippen molar-refractivity contribution in [2.24, 2.45) is 0 Å². The number of aromatic nitrogens is 1. The largest absolute Gasteiger partial charge is 0.392 e. The number of hydrogen-bond donors (Lipinski definition) is 2. The molecule has 0 saturated heterocycles. The molecule has 1 aliphatic rings. The Bertz CT molecular complexity index is 1160. The molecule has 29 heavy (non-hydrogen) atoms.